The molecule has 1 aliphatic rings. The Balaban J connectivity index is 1.73. The van der Waals surface area contributed by atoms with E-state index in [4.69, 9.17) is 0 Å². The monoisotopic (exact) mass is 282 g/mol. The molecule has 21 heavy (non-hydrogen) atoms. The molecule has 0 aliphatic carbocycles. The average molecular weight is 282 g/mol. The van der Waals surface area contributed by atoms with Crippen molar-refractivity contribution in [2.45, 2.75) is 13.0 Å². The Labute approximate surface area is 124 Å². The Hall–Kier alpha value is -2.49. The summed E-state index contributed by atoms with van der Waals surface area (Å²) in [5.74, 6) is 0.233. The van der Waals surface area contributed by atoms with Crippen LogP contribution in [0.5, 0.6) is 5.75 Å². The molecule has 2 aromatic carbocycles. The van der Waals surface area contributed by atoms with Crippen LogP contribution in [0.3, 0.4) is 0 Å². The van der Waals surface area contributed by atoms with Crippen LogP contribution >= 0.6 is 0 Å². The summed E-state index contributed by atoms with van der Waals surface area (Å²) in [7, 11) is 1.79. The van der Waals surface area contributed by atoms with E-state index in [1.807, 2.05) is 30.3 Å². The maximum absolute atomic E-state index is 12.5. The second-order valence-corrected chi connectivity index (χ2v) is 5.38. The van der Waals surface area contributed by atoms with E-state index in [9.17, 15) is 9.90 Å². The third kappa shape index (κ3) is 2.84. The summed E-state index contributed by atoms with van der Waals surface area (Å²) in [6.07, 6.45) is 1.02. The normalized spacial score (nSPS) is 12.6. The van der Waals surface area contributed by atoms with Gasteiger partial charge < -0.3 is 15.3 Å². The van der Waals surface area contributed by atoms with Gasteiger partial charge in [-0.05, 0) is 41.8 Å². The minimum Gasteiger partial charge on any atom is -0.508 e. The van der Waals surface area contributed by atoms with Crippen molar-refractivity contribution in [3.63, 3.8) is 0 Å². The Morgan fingerprint density at radius 1 is 1.24 bits per heavy atom. The number of hydrogen-bond acceptors (Lipinski definition) is 3. The predicted molar refractivity (Wildman–Crippen MR) is 82.5 cm³/mol. The van der Waals surface area contributed by atoms with Crippen LogP contribution in [-0.2, 0) is 13.0 Å². The number of carbonyl (C=O) groups is 1. The van der Waals surface area contributed by atoms with Crippen LogP contribution in [0.4, 0.5) is 5.69 Å². The highest BCUT2D eigenvalue weighted by Gasteiger charge is 2.16. The lowest BCUT2D eigenvalue weighted by Gasteiger charge is -2.18. The van der Waals surface area contributed by atoms with Crippen molar-refractivity contribution in [2.75, 3.05) is 18.9 Å². The van der Waals surface area contributed by atoms with E-state index in [-0.39, 0.29) is 11.7 Å². The van der Waals surface area contributed by atoms with Crippen LogP contribution in [0.25, 0.3) is 0 Å². The first kappa shape index (κ1) is 13.5. The number of benzene rings is 2. The van der Waals surface area contributed by atoms with Gasteiger partial charge in [0, 0.05) is 31.4 Å². The van der Waals surface area contributed by atoms with E-state index in [1.54, 1.807) is 24.1 Å². The van der Waals surface area contributed by atoms with Gasteiger partial charge in [-0.2, -0.15) is 0 Å². The predicted octanol–water partition coefficient (Wildman–Crippen LogP) is 2.63. The number of anilines is 1. The minimum absolute atomic E-state index is 0.000394. The molecule has 2 aromatic rings. The molecule has 2 N–H and O–H groups in total. The fourth-order valence-corrected chi connectivity index (χ4v) is 2.59. The zero-order valence-corrected chi connectivity index (χ0v) is 12.0. The summed E-state index contributed by atoms with van der Waals surface area (Å²) >= 11 is 0. The molecule has 0 radical (unpaired) electrons. The van der Waals surface area contributed by atoms with Crippen LogP contribution in [-0.4, -0.2) is 29.5 Å². The number of hydrogen-bond donors (Lipinski definition) is 2. The highest BCUT2D eigenvalue weighted by molar-refractivity contribution is 5.95. The van der Waals surface area contributed by atoms with Crippen molar-refractivity contribution in [3.8, 4) is 5.75 Å². The Morgan fingerprint density at radius 3 is 2.76 bits per heavy atom. The number of nitrogens with zero attached hydrogens (tertiary/aromatic N) is 1. The van der Waals surface area contributed by atoms with Gasteiger partial charge >= 0.3 is 0 Å². The third-order valence-electron chi connectivity index (χ3n) is 3.77. The van der Waals surface area contributed by atoms with Gasteiger partial charge in [0.2, 0.25) is 0 Å². The molecule has 0 atom stereocenters. The molecule has 0 fully saturated rings. The zero-order valence-electron chi connectivity index (χ0n) is 12.0. The molecular formula is C17H18N2O2. The molecule has 0 aromatic heterocycles. The summed E-state index contributed by atoms with van der Waals surface area (Å²) in [6.45, 7) is 1.46. The summed E-state index contributed by atoms with van der Waals surface area (Å²) < 4.78 is 0. The van der Waals surface area contributed by atoms with Gasteiger partial charge in [0.25, 0.3) is 5.91 Å². The van der Waals surface area contributed by atoms with Crippen LogP contribution in [0, 0.1) is 0 Å². The van der Waals surface area contributed by atoms with Gasteiger partial charge in [0.15, 0.2) is 0 Å². The molecule has 4 nitrogen and oxygen atoms in total. The summed E-state index contributed by atoms with van der Waals surface area (Å²) in [6, 6.07) is 12.8. The number of rotatable bonds is 3. The van der Waals surface area contributed by atoms with E-state index in [0.29, 0.717) is 12.1 Å². The van der Waals surface area contributed by atoms with Gasteiger partial charge in [-0.15, -0.1) is 0 Å². The summed E-state index contributed by atoms with van der Waals surface area (Å²) in [4.78, 5) is 14.1. The van der Waals surface area contributed by atoms with Crippen molar-refractivity contribution < 1.29 is 9.90 Å². The van der Waals surface area contributed by atoms with Crippen LogP contribution in [0.2, 0.25) is 0 Å². The first-order valence-corrected chi connectivity index (χ1v) is 7.03. The largest absolute Gasteiger partial charge is 0.508 e. The quantitative estimate of drug-likeness (QED) is 0.910. The van der Waals surface area contributed by atoms with E-state index in [1.165, 1.54) is 5.56 Å². The highest BCUT2D eigenvalue weighted by atomic mass is 16.3. The van der Waals surface area contributed by atoms with Gasteiger partial charge in [-0.25, -0.2) is 0 Å². The lowest BCUT2D eigenvalue weighted by atomic mass is 10.1. The zero-order chi connectivity index (χ0) is 14.8. The molecule has 1 heterocycles. The number of amides is 1. The molecule has 0 saturated heterocycles. The number of fused-ring (bicyclic) bond motifs is 1. The number of nitrogens with one attached hydrogen (secondary N) is 1. The third-order valence-corrected chi connectivity index (χ3v) is 3.77. The second kappa shape index (κ2) is 5.48. The first-order chi connectivity index (χ1) is 10.1. The Bertz CT molecular complexity index is 665. The minimum atomic E-state index is -0.000394. The molecule has 108 valence electrons. The molecule has 0 bridgehead atoms. The highest BCUT2D eigenvalue weighted by Crippen LogP contribution is 2.24. The standard InChI is InChI=1S/C17H18N2O2/c1-19(11-12-2-6-15(20)7-3-12)17(21)14-5-4-13-8-9-18-16(13)10-14/h2-7,10,18,20H,8-9,11H2,1H3. The second-order valence-electron chi connectivity index (χ2n) is 5.38. The molecule has 1 amide bonds. The van der Waals surface area contributed by atoms with E-state index >= 15 is 0 Å². The van der Waals surface area contributed by atoms with E-state index in [0.717, 1.165) is 24.2 Å². The Kier molecular flexibility index (Phi) is 3.52. The lowest BCUT2D eigenvalue weighted by molar-refractivity contribution is 0.0785. The fourth-order valence-electron chi connectivity index (χ4n) is 2.59. The van der Waals surface area contributed by atoms with E-state index < -0.39 is 0 Å². The average Bonchev–Trinajstić information content (AvgIpc) is 2.96. The number of carbonyl (C=O) groups excluding carboxylic acids is 1. The number of phenolic OH excluding ortho intramolecular Hbond substituents is 1. The van der Waals surface area contributed by atoms with Crippen molar-refractivity contribution >= 4 is 11.6 Å². The van der Waals surface area contributed by atoms with Crippen molar-refractivity contribution in [3.05, 3.63) is 59.2 Å². The molecular weight excluding hydrogens is 264 g/mol. The van der Waals surface area contributed by atoms with Crippen molar-refractivity contribution in [1.29, 1.82) is 0 Å². The van der Waals surface area contributed by atoms with Crippen LogP contribution in [0.15, 0.2) is 42.5 Å². The number of aromatic hydroxyl groups is 1. The molecule has 0 spiro atoms. The smallest absolute Gasteiger partial charge is 0.253 e. The fraction of sp³-hybridized carbons (Fsp3) is 0.235. The molecule has 0 saturated carbocycles. The molecule has 0 unspecified atom stereocenters. The van der Waals surface area contributed by atoms with Crippen LogP contribution in [0.1, 0.15) is 21.5 Å². The molecule has 3 rings (SSSR count). The topological polar surface area (TPSA) is 52.6 Å². The first-order valence-electron chi connectivity index (χ1n) is 7.03. The Morgan fingerprint density at radius 2 is 2.00 bits per heavy atom. The lowest BCUT2D eigenvalue weighted by Crippen LogP contribution is -2.26. The van der Waals surface area contributed by atoms with Gasteiger partial charge in [-0.1, -0.05) is 18.2 Å². The van der Waals surface area contributed by atoms with Gasteiger partial charge in [0.1, 0.15) is 5.75 Å². The van der Waals surface area contributed by atoms with Gasteiger partial charge in [-0.3, -0.25) is 4.79 Å². The summed E-state index contributed by atoms with van der Waals surface area (Å²) in [5, 5.41) is 12.6. The SMILES string of the molecule is CN(Cc1ccc(O)cc1)C(=O)c1ccc2c(c1)NCC2. The van der Waals surface area contributed by atoms with Crippen molar-refractivity contribution in [1.82, 2.24) is 4.90 Å². The maximum Gasteiger partial charge on any atom is 0.253 e. The molecule has 4 heteroatoms. The number of phenols is 1. The van der Waals surface area contributed by atoms with Crippen molar-refractivity contribution in [2.24, 2.45) is 0 Å². The molecule has 1 aliphatic heterocycles. The van der Waals surface area contributed by atoms with E-state index in [2.05, 4.69) is 5.32 Å². The summed E-state index contributed by atoms with van der Waals surface area (Å²) in [5.41, 5.74) is 4.03. The van der Waals surface area contributed by atoms with Gasteiger partial charge in [0.05, 0.1) is 0 Å². The van der Waals surface area contributed by atoms with Crippen LogP contribution < -0.4 is 5.32 Å². The maximum atomic E-state index is 12.5.